The van der Waals surface area contributed by atoms with E-state index in [1.54, 1.807) is 30.3 Å². The van der Waals surface area contributed by atoms with Crippen molar-refractivity contribution >= 4 is 22.3 Å². The van der Waals surface area contributed by atoms with E-state index < -0.39 is 18.0 Å². The fraction of sp³-hybridized carbons (Fsp3) is 0.361. The second-order valence-electron chi connectivity index (χ2n) is 12.5. The zero-order valence-corrected chi connectivity index (χ0v) is 27.8. The summed E-state index contributed by atoms with van der Waals surface area (Å²) in [6.07, 6.45) is 5.42. The van der Waals surface area contributed by atoms with E-state index >= 15 is 4.39 Å². The van der Waals surface area contributed by atoms with Crippen molar-refractivity contribution in [2.75, 3.05) is 18.4 Å². The van der Waals surface area contributed by atoms with Gasteiger partial charge in [0.1, 0.15) is 17.3 Å². The lowest BCUT2D eigenvalue weighted by Gasteiger charge is -2.22. The van der Waals surface area contributed by atoms with Crippen molar-refractivity contribution in [1.29, 1.82) is 0 Å². The predicted molar refractivity (Wildman–Crippen MR) is 184 cm³/mol. The molecule has 2 aromatic carbocycles. The van der Waals surface area contributed by atoms with Crippen LogP contribution in [0, 0.1) is 5.82 Å². The number of benzene rings is 2. The number of hydrogen-bond donors (Lipinski definition) is 3. The lowest BCUT2D eigenvalue weighted by molar-refractivity contribution is 0.281. The van der Waals surface area contributed by atoms with Gasteiger partial charge in [0.25, 0.3) is 11.1 Å². The Morgan fingerprint density at radius 3 is 2.43 bits per heavy atom. The second kappa shape index (κ2) is 13.9. The average molecular weight is 640 g/mol. The first kappa shape index (κ1) is 33.6. The number of fused-ring (bicyclic) bond motifs is 1. The molecule has 0 unspecified atom stereocenters. The molecule has 1 fully saturated rings. The molecule has 11 heteroatoms. The highest BCUT2D eigenvalue weighted by atomic mass is 19.1. The van der Waals surface area contributed by atoms with Crippen LogP contribution in [0.3, 0.4) is 0 Å². The van der Waals surface area contributed by atoms with Crippen molar-refractivity contribution in [3.8, 4) is 16.9 Å². The van der Waals surface area contributed by atoms with Gasteiger partial charge in [-0.15, -0.1) is 0 Å². The molecule has 0 atom stereocenters. The first-order valence-electron chi connectivity index (χ1n) is 16.0. The maximum absolute atomic E-state index is 15.3. The number of anilines is 2. The Morgan fingerprint density at radius 2 is 1.77 bits per heavy atom. The second-order valence-corrected chi connectivity index (χ2v) is 12.5. The molecule has 1 aliphatic heterocycles. The SMILES string of the molecule is CC.Cn1nc(-c2cccc(-n3ncc4cc(C(C)(C)C)cc(F)c4c3=O)c2CO)cc(Nc2ccc(C3CCNCC3)cn2)c1=O. The van der Waals surface area contributed by atoms with Gasteiger partial charge in [0.05, 0.1) is 29.6 Å². The molecule has 10 nitrogen and oxygen atoms in total. The largest absolute Gasteiger partial charge is 0.392 e. The lowest BCUT2D eigenvalue weighted by Crippen LogP contribution is -2.26. The standard InChI is InChI=1S/C34H36FN7O3.C2H6/c1-34(2,3)23-14-22-18-38-42(33(45)31(22)26(35)15-23)29-7-5-6-24(25(29)19-43)27-16-28(32(44)41(4)40-27)39-30-9-8-21(17-37-30)20-10-12-36-13-11-20;1-2/h5-9,14-18,20,36,43H,10-13,19H2,1-4H3,(H,37,39);1-2H3. The molecule has 5 aromatic rings. The van der Waals surface area contributed by atoms with Crippen LogP contribution in [0.25, 0.3) is 27.7 Å². The topological polar surface area (TPSA) is 127 Å². The Kier molecular flexibility index (Phi) is 9.97. The Morgan fingerprint density at radius 1 is 1.02 bits per heavy atom. The van der Waals surface area contributed by atoms with E-state index in [9.17, 15) is 14.7 Å². The van der Waals surface area contributed by atoms with E-state index in [4.69, 9.17) is 0 Å². The number of piperidine rings is 1. The quantitative estimate of drug-likeness (QED) is 0.216. The van der Waals surface area contributed by atoms with Crippen molar-refractivity contribution < 1.29 is 9.50 Å². The van der Waals surface area contributed by atoms with Gasteiger partial charge in [0, 0.05) is 29.8 Å². The van der Waals surface area contributed by atoms with Crippen LogP contribution in [0.15, 0.2) is 70.5 Å². The number of aryl methyl sites for hydroxylation is 1. The molecule has 1 aliphatic rings. The van der Waals surface area contributed by atoms with Gasteiger partial charge in [-0.05, 0) is 78.7 Å². The van der Waals surface area contributed by atoms with Gasteiger partial charge >= 0.3 is 0 Å². The van der Waals surface area contributed by atoms with Crippen molar-refractivity contribution in [3.05, 3.63) is 104 Å². The van der Waals surface area contributed by atoms with Crippen LogP contribution in [0.5, 0.6) is 0 Å². The summed E-state index contributed by atoms with van der Waals surface area (Å²) >= 11 is 0. The summed E-state index contributed by atoms with van der Waals surface area (Å²) in [6, 6.07) is 13.7. The number of aromatic nitrogens is 5. The zero-order valence-electron chi connectivity index (χ0n) is 27.8. The summed E-state index contributed by atoms with van der Waals surface area (Å²) in [7, 11) is 1.54. The zero-order chi connectivity index (χ0) is 33.9. The lowest BCUT2D eigenvalue weighted by atomic mass is 9.86. The number of halogens is 1. The summed E-state index contributed by atoms with van der Waals surface area (Å²) < 4.78 is 17.6. The Hall–Kier alpha value is -4.74. The maximum Gasteiger partial charge on any atom is 0.290 e. The monoisotopic (exact) mass is 639 g/mol. The van der Waals surface area contributed by atoms with Crippen molar-refractivity contribution in [1.82, 2.24) is 29.9 Å². The minimum Gasteiger partial charge on any atom is -0.392 e. The minimum atomic E-state index is -0.646. The van der Waals surface area contributed by atoms with Gasteiger partial charge in [-0.25, -0.2) is 14.1 Å². The molecule has 6 rings (SSSR count). The molecule has 3 N–H and O–H groups in total. The summed E-state index contributed by atoms with van der Waals surface area (Å²) in [5.74, 6) is 0.342. The highest BCUT2D eigenvalue weighted by Crippen LogP contribution is 2.30. The van der Waals surface area contributed by atoms with Crippen molar-refractivity contribution in [3.63, 3.8) is 0 Å². The number of nitrogens with one attached hydrogen (secondary N) is 2. The Balaban J connectivity index is 0.00000213. The number of aliphatic hydroxyl groups excluding tert-OH is 1. The number of aliphatic hydroxyl groups is 1. The normalized spacial score (nSPS) is 13.7. The third-order valence-corrected chi connectivity index (χ3v) is 8.44. The first-order chi connectivity index (χ1) is 22.5. The highest BCUT2D eigenvalue weighted by Gasteiger charge is 2.21. The molecule has 0 radical (unpaired) electrons. The smallest absolute Gasteiger partial charge is 0.290 e. The molecule has 0 spiro atoms. The number of pyridine rings is 1. The minimum absolute atomic E-state index is 0.0855. The van der Waals surface area contributed by atoms with Gasteiger partial charge in [0.2, 0.25) is 0 Å². The van der Waals surface area contributed by atoms with Crippen LogP contribution in [0.2, 0.25) is 0 Å². The van der Waals surface area contributed by atoms with Crippen molar-refractivity contribution in [2.45, 2.75) is 65.4 Å². The van der Waals surface area contributed by atoms with Gasteiger partial charge < -0.3 is 15.7 Å². The van der Waals surface area contributed by atoms with Gasteiger partial charge in [-0.3, -0.25) is 9.59 Å². The summed E-state index contributed by atoms with van der Waals surface area (Å²) in [5, 5.41) is 26.1. The molecule has 0 bridgehead atoms. The van der Waals surface area contributed by atoms with E-state index in [0.29, 0.717) is 33.9 Å². The first-order valence-corrected chi connectivity index (χ1v) is 16.0. The van der Waals surface area contributed by atoms with E-state index in [2.05, 4.69) is 25.8 Å². The molecular weight excluding hydrogens is 597 g/mol. The summed E-state index contributed by atoms with van der Waals surface area (Å²) in [5.41, 5.74) is 2.34. The number of nitrogens with zero attached hydrogens (tertiary/aromatic N) is 5. The van der Waals surface area contributed by atoms with Crippen LogP contribution in [-0.4, -0.2) is 42.7 Å². The van der Waals surface area contributed by atoms with Crippen LogP contribution in [-0.2, 0) is 19.1 Å². The maximum atomic E-state index is 15.3. The molecule has 0 saturated carbocycles. The number of rotatable bonds is 6. The summed E-state index contributed by atoms with van der Waals surface area (Å²) in [4.78, 5) is 31.2. The van der Waals surface area contributed by atoms with Crippen LogP contribution >= 0.6 is 0 Å². The summed E-state index contributed by atoms with van der Waals surface area (Å²) in [6.45, 7) is 11.4. The van der Waals surface area contributed by atoms with Gasteiger partial charge in [-0.1, -0.05) is 52.8 Å². The Bertz CT molecular complexity index is 2010. The van der Waals surface area contributed by atoms with Crippen LogP contribution in [0.4, 0.5) is 15.9 Å². The van der Waals surface area contributed by atoms with Gasteiger partial charge in [0.15, 0.2) is 0 Å². The fourth-order valence-electron chi connectivity index (χ4n) is 5.86. The highest BCUT2D eigenvalue weighted by molar-refractivity contribution is 5.83. The number of hydrogen-bond acceptors (Lipinski definition) is 8. The van der Waals surface area contributed by atoms with Crippen LogP contribution < -0.4 is 21.8 Å². The average Bonchev–Trinajstić information content (AvgIpc) is 3.07. The fourth-order valence-corrected chi connectivity index (χ4v) is 5.86. The molecule has 246 valence electrons. The molecule has 0 amide bonds. The van der Waals surface area contributed by atoms with E-state index in [1.165, 1.54) is 29.6 Å². The molecule has 3 aromatic heterocycles. The Labute approximate surface area is 273 Å². The molecule has 1 saturated heterocycles. The van der Waals surface area contributed by atoms with Crippen LogP contribution in [0.1, 0.15) is 70.1 Å². The third kappa shape index (κ3) is 6.86. The molecule has 0 aliphatic carbocycles. The van der Waals surface area contributed by atoms with Crippen molar-refractivity contribution in [2.24, 2.45) is 7.05 Å². The predicted octanol–water partition coefficient (Wildman–Crippen LogP) is 5.71. The van der Waals surface area contributed by atoms with E-state index in [-0.39, 0.29) is 27.7 Å². The van der Waals surface area contributed by atoms with E-state index in [1.807, 2.05) is 52.9 Å². The molecule has 47 heavy (non-hydrogen) atoms. The van der Waals surface area contributed by atoms with E-state index in [0.717, 1.165) is 36.2 Å². The third-order valence-electron chi connectivity index (χ3n) is 8.44. The molecular formula is C36H42FN7O3. The molecule has 4 heterocycles. The van der Waals surface area contributed by atoms with Gasteiger partial charge in [-0.2, -0.15) is 14.9 Å².